The van der Waals surface area contributed by atoms with Crippen molar-refractivity contribution in [3.63, 3.8) is 0 Å². The largest absolute Gasteiger partial charge is 0.393 e. The van der Waals surface area contributed by atoms with Crippen LogP contribution in [-0.2, 0) is 6.42 Å². The van der Waals surface area contributed by atoms with Gasteiger partial charge in [-0.1, -0.05) is 16.2 Å². The maximum atomic E-state index is 13.3. The van der Waals surface area contributed by atoms with Crippen LogP contribution in [0.2, 0.25) is 0 Å². The summed E-state index contributed by atoms with van der Waals surface area (Å²) in [6.07, 6.45) is 10.3. The number of nitrogens with one attached hydrogen (secondary N) is 1. The molecule has 3 aromatic rings. The van der Waals surface area contributed by atoms with Gasteiger partial charge in [-0.05, 0) is 38.5 Å². The van der Waals surface area contributed by atoms with Crippen molar-refractivity contribution in [3.05, 3.63) is 24.3 Å². The fourth-order valence-corrected chi connectivity index (χ4v) is 5.54. The highest BCUT2D eigenvalue weighted by Crippen LogP contribution is 2.33. The Morgan fingerprint density at radius 3 is 2.69 bits per heavy atom. The predicted octanol–water partition coefficient (Wildman–Crippen LogP) is 3.17. The molecule has 35 heavy (non-hydrogen) atoms. The van der Waals surface area contributed by atoms with E-state index in [-0.39, 0.29) is 18.2 Å². The number of nitrogen functional groups attached to an aromatic ring is 1. The molecular formula is C24H34FN8OP. The lowest BCUT2D eigenvalue weighted by Crippen LogP contribution is -2.37. The molecule has 3 aromatic heterocycles. The summed E-state index contributed by atoms with van der Waals surface area (Å²) in [4.78, 5) is 16.4. The second-order valence-corrected chi connectivity index (χ2v) is 10.4. The van der Waals surface area contributed by atoms with E-state index in [2.05, 4.69) is 29.5 Å². The molecule has 1 saturated heterocycles. The van der Waals surface area contributed by atoms with E-state index < -0.39 is 5.91 Å². The lowest BCUT2D eigenvalue weighted by molar-refractivity contribution is 0.162. The van der Waals surface area contributed by atoms with E-state index in [4.69, 9.17) is 15.7 Å². The Morgan fingerprint density at radius 2 is 2.00 bits per heavy atom. The SMILES string of the molecule is CCc1nc2c(N)ncc(-c3cnn(C4CCN(CC(F)P)CC4)c3)c2nc1N[C@@H]1CC[C@H](O)C1. The van der Waals surface area contributed by atoms with Crippen molar-refractivity contribution in [1.29, 1.82) is 0 Å². The van der Waals surface area contributed by atoms with Crippen LogP contribution in [0.3, 0.4) is 0 Å². The first-order chi connectivity index (χ1) is 16.9. The van der Waals surface area contributed by atoms with Gasteiger partial charge < -0.3 is 16.2 Å². The highest BCUT2D eigenvalue weighted by Gasteiger charge is 2.26. The topological polar surface area (TPSA) is 118 Å². The zero-order valence-electron chi connectivity index (χ0n) is 20.1. The molecule has 5 rings (SSSR count). The zero-order valence-corrected chi connectivity index (χ0v) is 21.2. The summed E-state index contributed by atoms with van der Waals surface area (Å²) in [5.41, 5.74) is 10.1. The van der Waals surface area contributed by atoms with Crippen molar-refractivity contribution in [2.24, 2.45) is 0 Å². The Morgan fingerprint density at radius 1 is 1.20 bits per heavy atom. The number of pyridine rings is 1. The Balaban J connectivity index is 1.43. The van der Waals surface area contributed by atoms with E-state index in [0.717, 1.165) is 61.4 Å². The van der Waals surface area contributed by atoms with Crippen LogP contribution in [0.5, 0.6) is 0 Å². The van der Waals surface area contributed by atoms with Gasteiger partial charge in [-0.3, -0.25) is 9.58 Å². The van der Waals surface area contributed by atoms with Gasteiger partial charge in [-0.2, -0.15) is 5.10 Å². The molecule has 1 aliphatic heterocycles. The minimum atomic E-state index is -0.887. The summed E-state index contributed by atoms with van der Waals surface area (Å²) in [6.45, 7) is 4.22. The molecule has 11 heteroatoms. The average Bonchev–Trinajstić information content (AvgIpc) is 3.48. The van der Waals surface area contributed by atoms with Crippen LogP contribution in [0.15, 0.2) is 18.6 Å². The molecule has 1 saturated carbocycles. The van der Waals surface area contributed by atoms with E-state index >= 15 is 0 Å². The number of hydrogen-bond donors (Lipinski definition) is 3. The molecule has 0 radical (unpaired) electrons. The van der Waals surface area contributed by atoms with E-state index in [1.807, 2.05) is 24.0 Å². The normalized spacial score (nSPS) is 22.6. The van der Waals surface area contributed by atoms with Crippen molar-refractivity contribution < 1.29 is 9.50 Å². The third kappa shape index (κ3) is 5.25. The third-order valence-electron chi connectivity index (χ3n) is 7.16. The first-order valence-corrected chi connectivity index (χ1v) is 13.1. The predicted molar refractivity (Wildman–Crippen MR) is 139 cm³/mol. The van der Waals surface area contributed by atoms with Gasteiger partial charge in [0.05, 0.1) is 24.0 Å². The summed E-state index contributed by atoms with van der Waals surface area (Å²) in [7, 11) is 2.23. The molecule has 2 fully saturated rings. The van der Waals surface area contributed by atoms with Crippen LogP contribution in [0.4, 0.5) is 16.0 Å². The maximum Gasteiger partial charge on any atom is 0.151 e. The van der Waals surface area contributed by atoms with Gasteiger partial charge in [0.15, 0.2) is 5.82 Å². The monoisotopic (exact) mass is 500 g/mol. The van der Waals surface area contributed by atoms with Gasteiger partial charge in [-0.15, -0.1) is 0 Å². The molecule has 2 unspecified atom stereocenters. The molecule has 4 N–H and O–H groups in total. The van der Waals surface area contributed by atoms with Crippen LogP contribution in [0.25, 0.3) is 22.2 Å². The molecule has 2 aliphatic rings. The van der Waals surface area contributed by atoms with Crippen molar-refractivity contribution in [3.8, 4) is 11.1 Å². The third-order valence-corrected chi connectivity index (χ3v) is 7.37. The van der Waals surface area contributed by atoms with Crippen LogP contribution < -0.4 is 11.1 Å². The number of aromatic nitrogens is 5. The average molecular weight is 501 g/mol. The van der Waals surface area contributed by atoms with Crippen LogP contribution in [0, 0.1) is 0 Å². The van der Waals surface area contributed by atoms with Gasteiger partial charge in [0.2, 0.25) is 0 Å². The summed E-state index contributed by atoms with van der Waals surface area (Å²) < 4.78 is 15.3. The van der Waals surface area contributed by atoms with Crippen LogP contribution in [-0.4, -0.2) is 72.4 Å². The van der Waals surface area contributed by atoms with E-state index in [9.17, 15) is 9.50 Å². The highest BCUT2D eigenvalue weighted by atomic mass is 31.0. The number of likely N-dealkylation sites (tertiary alicyclic amines) is 1. The number of fused-ring (bicyclic) bond motifs is 1. The Kier molecular flexibility index (Phi) is 7.14. The van der Waals surface area contributed by atoms with E-state index in [1.165, 1.54) is 0 Å². The molecule has 9 nitrogen and oxygen atoms in total. The molecule has 4 heterocycles. The number of alkyl halides is 1. The van der Waals surface area contributed by atoms with Crippen molar-refractivity contribution in [2.75, 3.05) is 30.7 Å². The Bertz CT molecular complexity index is 1180. The molecule has 0 spiro atoms. The van der Waals surface area contributed by atoms with E-state index in [0.29, 0.717) is 36.2 Å². The fraction of sp³-hybridized carbons (Fsp3) is 0.583. The fourth-order valence-electron chi connectivity index (χ4n) is 5.24. The minimum Gasteiger partial charge on any atom is -0.393 e. The lowest BCUT2D eigenvalue weighted by atomic mass is 10.1. The molecule has 4 atom stereocenters. The number of anilines is 2. The van der Waals surface area contributed by atoms with Gasteiger partial charge in [0, 0.05) is 49.2 Å². The number of hydrogen-bond acceptors (Lipinski definition) is 8. The second-order valence-electron chi connectivity index (χ2n) is 9.69. The Labute approximate surface area is 206 Å². The smallest absolute Gasteiger partial charge is 0.151 e. The molecule has 0 bridgehead atoms. The van der Waals surface area contributed by atoms with Gasteiger partial charge in [0.25, 0.3) is 0 Å². The maximum absolute atomic E-state index is 13.3. The van der Waals surface area contributed by atoms with Gasteiger partial charge >= 0.3 is 0 Å². The summed E-state index contributed by atoms with van der Waals surface area (Å²) in [5.74, 6) is 0.210. The molecule has 0 aromatic carbocycles. The summed E-state index contributed by atoms with van der Waals surface area (Å²) >= 11 is 0. The number of rotatable bonds is 7. The highest BCUT2D eigenvalue weighted by molar-refractivity contribution is 7.17. The van der Waals surface area contributed by atoms with Crippen molar-refractivity contribution >= 4 is 31.9 Å². The second kappa shape index (κ2) is 10.3. The first-order valence-electron chi connectivity index (χ1n) is 12.5. The van der Waals surface area contributed by atoms with E-state index in [1.54, 1.807) is 6.20 Å². The molecule has 188 valence electrons. The number of aryl methyl sites for hydroxylation is 1. The Hall–Kier alpha value is -2.42. The lowest BCUT2D eigenvalue weighted by Gasteiger charge is -2.32. The molecule has 0 amide bonds. The van der Waals surface area contributed by atoms with Gasteiger partial charge in [0.1, 0.15) is 22.8 Å². The number of aliphatic hydroxyl groups excluding tert-OH is 1. The summed E-state index contributed by atoms with van der Waals surface area (Å²) in [5, 5.41) is 18.1. The minimum absolute atomic E-state index is 0.178. The number of nitrogens with zero attached hydrogens (tertiary/aromatic N) is 6. The number of aliphatic hydroxyl groups is 1. The number of halogens is 1. The van der Waals surface area contributed by atoms with Crippen LogP contribution in [0.1, 0.15) is 50.8 Å². The molecule has 1 aliphatic carbocycles. The standard InChI is InChI=1S/C24H34FN8OP/c1-2-19-24(29-15-3-4-17(34)9-15)31-21-18(11-27-23(26)22(21)30-19)14-10-28-33(12-14)16-5-7-32(8-6-16)13-20(25)35/h10-12,15-17,20,34H,2-9,13,35H2,1H3,(H2,26,27)(H,29,31)/t15-,17+,20?/m1/s1. The first kappa shape index (κ1) is 24.3. The van der Waals surface area contributed by atoms with Crippen molar-refractivity contribution in [2.45, 2.75) is 69.5 Å². The van der Waals surface area contributed by atoms with Crippen LogP contribution >= 0.6 is 9.24 Å². The number of piperidine rings is 1. The summed E-state index contributed by atoms with van der Waals surface area (Å²) in [6, 6.07) is 0.455. The van der Waals surface area contributed by atoms with Crippen molar-refractivity contribution in [1.82, 2.24) is 29.6 Å². The molecular weight excluding hydrogens is 466 g/mol. The quantitative estimate of drug-likeness (QED) is 0.424. The number of nitrogens with two attached hydrogens (primary N) is 1. The van der Waals surface area contributed by atoms with Gasteiger partial charge in [-0.25, -0.2) is 19.3 Å². The zero-order chi connectivity index (χ0) is 24.5.